The predicted octanol–water partition coefficient (Wildman–Crippen LogP) is 1.45. The van der Waals surface area contributed by atoms with E-state index in [0.717, 1.165) is 39.1 Å². The number of carbonyl (C=O) groups excluding carboxylic acids is 1. The van der Waals surface area contributed by atoms with Gasteiger partial charge in [-0.2, -0.15) is 0 Å². The molecular weight excluding hydrogens is 204 g/mol. The first kappa shape index (κ1) is 11.2. The number of rotatable bonds is 2. The van der Waals surface area contributed by atoms with Crippen molar-refractivity contribution in [3.8, 4) is 0 Å². The molecule has 2 heterocycles. The summed E-state index contributed by atoms with van der Waals surface area (Å²) in [5.74, 6) is 0.466. The highest BCUT2D eigenvalue weighted by molar-refractivity contribution is 5.91. The molecule has 0 atom stereocenters. The third-order valence-electron chi connectivity index (χ3n) is 3.05. The van der Waals surface area contributed by atoms with Gasteiger partial charge in [0.2, 0.25) is 0 Å². The van der Waals surface area contributed by atoms with Crippen LogP contribution in [0.25, 0.3) is 0 Å². The molecule has 88 valence electrons. The zero-order valence-electron chi connectivity index (χ0n) is 9.69. The van der Waals surface area contributed by atoms with Crippen LogP contribution in [0.15, 0.2) is 22.8 Å². The number of hydrogen-bond acceptors (Lipinski definition) is 3. The molecule has 1 amide bonds. The Morgan fingerprint density at radius 1 is 1.38 bits per heavy atom. The van der Waals surface area contributed by atoms with Gasteiger partial charge in [0, 0.05) is 19.6 Å². The van der Waals surface area contributed by atoms with Crippen LogP contribution in [-0.2, 0) is 0 Å². The molecule has 4 nitrogen and oxygen atoms in total. The van der Waals surface area contributed by atoms with Crippen molar-refractivity contribution in [3.63, 3.8) is 0 Å². The van der Waals surface area contributed by atoms with Gasteiger partial charge in [0.25, 0.3) is 5.91 Å². The van der Waals surface area contributed by atoms with Gasteiger partial charge >= 0.3 is 0 Å². The van der Waals surface area contributed by atoms with Crippen molar-refractivity contribution in [3.05, 3.63) is 24.2 Å². The van der Waals surface area contributed by atoms with E-state index in [2.05, 4.69) is 11.8 Å². The lowest BCUT2D eigenvalue weighted by molar-refractivity contribution is 0.0730. The molecule has 0 unspecified atom stereocenters. The van der Waals surface area contributed by atoms with Crippen molar-refractivity contribution >= 4 is 5.91 Å². The van der Waals surface area contributed by atoms with Crippen LogP contribution in [-0.4, -0.2) is 48.4 Å². The highest BCUT2D eigenvalue weighted by Crippen LogP contribution is 2.09. The van der Waals surface area contributed by atoms with Crippen LogP contribution in [0.3, 0.4) is 0 Å². The fraction of sp³-hybridized carbons (Fsp3) is 0.583. The highest BCUT2D eigenvalue weighted by Gasteiger charge is 2.20. The first-order chi connectivity index (χ1) is 7.81. The van der Waals surface area contributed by atoms with Crippen LogP contribution in [0.5, 0.6) is 0 Å². The summed E-state index contributed by atoms with van der Waals surface area (Å²) in [5, 5.41) is 0. The minimum Gasteiger partial charge on any atom is -0.459 e. The molecule has 1 aromatic heterocycles. The summed E-state index contributed by atoms with van der Waals surface area (Å²) in [6.07, 6.45) is 2.59. The molecule has 0 spiro atoms. The molecule has 0 radical (unpaired) electrons. The molecular formula is C12H18N2O2. The molecule has 0 bridgehead atoms. The summed E-state index contributed by atoms with van der Waals surface area (Å²) in [6.45, 7) is 6.89. The Morgan fingerprint density at radius 3 is 2.94 bits per heavy atom. The fourth-order valence-electron chi connectivity index (χ4n) is 2.05. The van der Waals surface area contributed by atoms with E-state index in [9.17, 15) is 4.79 Å². The largest absolute Gasteiger partial charge is 0.459 e. The zero-order chi connectivity index (χ0) is 11.4. The quantitative estimate of drug-likeness (QED) is 0.760. The normalized spacial score (nSPS) is 18.4. The van der Waals surface area contributed by atoms with Crippen molar-refractivity contribution < 1.29 is 9.21 Å². The van der Waals surface area contributed by atoms with Crippen LogP contribution in [0.2, 0.25) is 0 Å². The SMILES string of the molecule is CCN1CCCN(C(=O)c2ccco2)CC1. The second-order valence-electron chi connectivity index (χ2n) is 4.06. The standard InChI is InChI=1S/C12H18N2O2/c1-2-13-6-4-7-14(9-8-13)12(15)11-5-3-10-16-11/h3,5,10H,2,4,6-9H2,1H3. The summed E-state index contributed by atoms with van der Waals surface area (Å²) in [4.78, 5) is 16.3. The number of amides is 1. The molecule has 4 heteroatoms. The zero-order valence-corrected chi connectivity index (χ0v) is 9.69. The van der Waals surface area contributed by atoms with Crippen LogP contribution in [0.1, 0.15) is 23.9 Å². The first-order valence-electron chi connectivity index (χ1n) is 5.86. The van der Waals surface area contributed by atoms with Crippen LogP contribution < -0.4 is 0 Å². The van der Waals surface area contributed by atoms with Gasteiger partial charge in [-0.25, -0.2) is 0 Å². The molecule has 0 aliphatic carbocycles. The van der Waals surface area contributed by atoms with Gasteiger partial charge in [-0.15, -0.1) is 0 Å². The molecule has 1 saturated heterocycles. The molecule has 1 aromatic rings. The topological polar surface area (TPSA) is 36.7 Å². The number of carbonyl (C=O) groups is 1. The number of furan rings is 1. The van der Waals surface area contributed by atoms with E-state index in [1.807, 2.05) is 4.90 Å². The Balaban J connectivity index is 1.97. The number of nitrogens with zero attached hydrogens (tertiary/aromatic N) is 2. The van der Waals surface area contributed by atoms with E-state index in [1.54, 1.807) is 18.4 Å². The molecule has 1 aliphatic rings. The lowest BCUT2D eigenvalue weighted by Crippen LogP contribution is -2.34. The summed E-state index contributed by atoms with van der Waals surface area (Å²) < 4.78 is 5.14. The maximum atomic E-state index is 12.0. The maximum Gasteiger partial charge on any atom is 0.289 e. The average molecular weight is 222 g/mol. The van der Waals surface area contributed by atoms with Gasteiger partial charge in [-0.3, -0.25) is 4.79 Å². The Kier molecular flexibility index (Phi) is 3.62. The smallest absolute Gasteiger partial charge is 0.289 e. The van der Waals surface area contributed by atoms with Gasteiger partial charge in [0.1, 0.15) is 0 Å². The van der Waals surface area contributed by atoms with Crippen molar-refractivity contribution in [2.45, 2.75) is 13.3 Å². The van der Waals surface area contributed by atoms with E-state index >= 15 is 0 Å². The van der Waals surface area contributed by atoms with E-state index < -0.39 is 0 Å². The molecule has 0 N–H and O–H groups in total. The average Bonchev–Trinajstić information content (AvgIpc) is 2.73. The fourth-order valence-corrected chi connectivity index (χ4v) is 2.05. The van der Waals surface area contributed by atoms with Crippen molar-refractivity contribution in [1.29, 1.82) is 0 Å². The summed E-state index contributed by atoms with van der Waals surface area (Å²) in [6, 6.07) is 3.48. The van der Waals surface area contributed by atoms with E-state index in [0.29, 0.717) is 5.76 Å². The van der Waals surface area contributed by atoms with Crippen molar-refractivity contribution in [2.75, 3.05) is 32.7 Å². The van der Waals surface area contributed by atoms with Crippen LogP contribution in [0.4, 0.5) is 0 Å². The highest BCUT2D eigenvalue weighted by atomic mass is 16.3. The summed E-state index contributed by atoms with van der Waals surface area (Å²) >= 11 is 0. The second kappa shape index (κ2) is 5.16. The molecule has 2 rings (SSSR count). The van der Waals surface area contributed by atoms with Crippen molar-refractivity contribution in [1.82, 2.24) is 9.80 Å². The Morgan fingerprint density at radius 2 is 2.25 bits per heavy atom. The van der Waals surface area contributed by atoms with Gasteiger partial charge in [-0.1, -0.05) is 6.92 Å². The minimum absolute atomic E-state index is 0.0166. The molecule has 16 heavy (non-hydrogen) atoms. The molecule has 1 aliphatic heterocycles. The third kappa shape index (κ3) is 2.44. The molecule has 0 aromatic carbocycles. The summed E-state index contributed by atoms with van der Waals surface area (Å²) in [5.41, 5.74) is 0. The Labute approximate surface area is 95.8 Å². The minimum atomic E-state index is 0.0166. The molecule has 1 fully saturated rings. The van der Waals surface area contributed by atoms with Gasteiger partial charge in [0.15, 0.2) is 5.76 Å². The number of likely N-dealkylation sites (N-methyl/N-ethyl adjacent to an activating group) is 1. The lowest BCUT2D eigenvalue weighted by Gasteiger charge is -2.20. The monoisotopic (exact) mass is 222 g/mol. The van der Waals surface area contributed by atoms with Crippen LogP contribution >= 0.6 is 0 Å². The summed E-state index contributed by atoms with van der Waals surface area (Å²) in [7, 11) is 0. The Hall–Kier alpha value is -1.29. The van der Waals surface area contributed by atoms with E-state index in [-0.39, 0.29) is 5.91 Å². The van der Waals surface area contributed by atoms with E-state index in [4.69, 9.17) is 4.42 Å². The Bertz CT molecular complexity index is 335. The predicted molar refractivity (Wildman–Crippen MR) is 61.3 cm³/mol. The third-order valence-corrected chi connectivity index (χ3v) is 3.05. The maximum absolute atomic E-state index is 12.0. The van der Waals surface area contributed by atoms with Gasteiger partial charge in [-0.05, 0) is 31.6 Å². The van der Waals surface area contributed by atoms with Crippen molar-refractivity contribution in [2.24, 2.45) is 0 Å². The molecule has 0 saturated carbocycles. The van der Waals surface area contributed by atoms with Gasteiger partial charge in [0.05, 0.1) is 6.26 Å². The van der Waals surface area contributed by atoms with Crippen LogP contribution in [0, 0.1) is 0 Å². The van der Waals surface area contributed by atoms with Gasteiger partial charge < -0.3 is 14.2 Å². The first-order valence-corrected chi connectivity index (χ1v) is 5.86. The number of hydrogen-bond donors (Lipinski definition) is 0. The lowest BCUT2D eigenvalue weighted by atomic mass is 10.3. The second-order valence-corrected chi connectivity index (χ2v) is 4.06. The van der Waals surface area contributed by atoms with E-state index in [1.165, 1.54) is 0 Å².